The lowest BCUT2D eigenvalue weighted by Crippen LogP contribution is -2.03. The molecule has 2 aromatic rings. The standard InChI is InChI=1S/C12H15N3O3.HNO3/c1-17-10-5-7-8(3-4-16)14-12(13)15-9(7)6-11(10)18-2;2-1(3)4/h5-6,16H,3-4H2,1-2H3,(H2,13,14,15);(H,2,3,4). The van der Waals surface area contributed by atoms with Crippen LogP contribution < -0.4 is 15.2 Å². The Balaban J connectivity index is 0.000000541. The molecule has 10 nitrogen and oxygen atoms in total. The van der Waals surface area contributed by atoms with Gasteiger partial charge >= 0.3 is 0 Å². The molecule has 0 fully saturated rings. The Morgan fingerprint density at radius 1 is 1.27 bits per heavy atom. The van der Waals surface area contributed by atoms with Crippen LogP contribution in [0.15, 0.2) is 12.1 Å². The van der Waals surface area contributed by atoms with E-state index < -0.39 is 5.09 Å². The third-order valence-corrected chi connectivity index (χ3v) is 2.65. The minimum Gasteiger partial charge on any atom is -0.493 e. The summed E-state index contributed by atoms with van der Waals surface area (Å²) in [5.41, 5.74) is 7.01. The van der Waals surface area contributed by atoms with E-state index in [1.165, 1.54) is 0 Å². The molecule has 0 radical (unpaired) electrons. The third-order valence-electron chi connectivity index (χ3n) is 2.65. The van der Waals surface area contributed by atoms with E-state index in [0.717, 1.165) is 5.39 Å². The van der Waals surface area contributed by atoms with Crippen molar-refractivity contribution in [2.24, 2.45) is 0 Å². The van der Waals surface area contributed by atoms with Crippen LogP contribution >= 0.6 is 0 Å². The van der Waals surface area contributed by atoms with Gasteiger partial charge in [0, 0.05) is 24.5 Å². The molecule has 1 heterocycles. The van der Waals surface area contributed by atoms with Crippen molar-refractivity contribution in [3.63, 3.8) is 0 Å². The lowest BCUT2D eigenvalue weighted by Gasteiger charge is -2.11. The highest BCUT2D eigenvalue weighted by atomic mass is 16.9. The van der Waals surface area contributed by atoms with Gasteiger partial charge in [0.05, 0.1) is 25.4 Å². The maximum absolute atomic E-state index is 9.04. The number of hydrogen-bond donors (Lipinski definition) is 3. The number of methoxy groups -OCH3 is 2. The molecule has 22 heavy (non-hydrogen) atoms. The van der Waals surface area contributed by atoms with Crippen molar-refractivity contribution < 1.29 is 24.9 Å². The van der Waals surface area contributed by atoms with Gasteiger partial charge in [-0.3, -0.25) is 0 Å². The second kappa shape index (κ2) is 7.78. The summed E-state index contributed by atoms with van der Waals surface area (Å²) in [6.07, 6.45) is 0.415. The van der Waals surface area contributed by atoms with Gasteiger partial charge in [0.25, 0.3) is 5.09 Å². The number of aliphatic hydroxyl groups excluding tert-OH is 1. The van der Waals surface area contributed by atoms with Crippen LogP contribution in [0.5, 0.6) is 11.5 Å². The molecular formula is C12H16N4O6. The zero-order chi connectivity index (χ0) is 16.7. The Labute approximate surface area is 125 Å². The zero-order valence-electron chi connectivity index (χ0n) is 12.0. The number of aliphatic hydroxyl groups is 1. The monoisotopic (exact) mass is 312 g/mol. The summed E-state index contributed by atoms with van der Waals surface area (Å²) in [6, 6.07) is 3.53. The first kappa shape index (κ1) is 17.2. The summed E-state index contributed by atoms with van der Waals surface area (Å²) in [7, 11) is 3.12. The quantitative estimate of drug-likeness (QED) is 0.538. The number of nitrogens with zero attached hydrogens (tertiary/aromatic N) is 3. The van der Waals surface area contributed by atoms with Gasteiger partial charge < -0.3 is 25.5 Å². The highest BCUT2D eigenvalue weighted by molar-refractivity contribution is 5.85. The first-order valence-corrected chi connectivity index (χ1v) is 6.05. The Bertz CT molecular complexity index is 660. The van der Waals surface area contributed by atoms with Crippen LogP contribution in [0.2, 0.25) is 0 Å². The average Bonchev–Trinajstić information content (AvgIpc) is 2.45. The average molecular weight is 312 g/mol. The SMILES string of the molecule is COc1cc2nc(N)nc(CCO)c2cc1OC.O=[N+]([O-])O. The van der Waals surface area contributed by atoms with Crippen LogP contribution in [-0.4, -0.2) is 46.2 Å². The highest BCUT2D eigenvalue weighted by Crippen LogP contribution is 2.32. The van der Waals surface area contributed by atoms with E-state index in [2.05, 4.69) is 9.97 Å². The molecule has 4 N–H and O–H groups in total. The van der Waals surface area contributed by atoms with Crippen molar-refractivity contribution in [3.8, 4) is 11.5 Å². The molecule has 2 rings (SSSR count). The minimum atomic E-state index is -1.50. The molecule has 0 amide bonds. The molecule has 0 saturated heterocycles. The molecule has 120 valence electrons. The van der Waals surface area contributed by atoms with E-state index in [1.54, 1.807) is 26.4 Å². The normalized spacial score (nSPS) is 9.77. The van der Waals surface area contributed by atoms with Gasteiger partial charge in [-0.2, -0.15) is 0 Å². The first-order chi connectivity index (χ1) is 10.4. The van der Waals surface area contributed by atoms with E-state index in [-0.39, 0.29) is 12.6 Å². The minimum absolute atomic E-state index is 0.000101. The lowest BCUT2D eigenvalue weighted by atomic mass is 10.1. The summed E-state index contributed by atoms with van der Waals surface area (Å²) in [5.74, 6) is 1.36. The summed E-state index contributed by atoms with van der Waals surface area (Å²) in [6.45, 7) is -0.000101. The van der Waals surface area contributed by atoms with Gasteiger partial charge in [-0.1, -0.05) is 0 Å². The third kappa shape index (κ3) is 4.31. The van der Waals surface area contributed by atoms with Gasteiger partial charge in [-0.15, -0.1) is 10.1 Å². The molecule has 0 aliphatic rings. The van der Waals surface area contributed by atoms with Crippen molar-refractivity contribution in [3.05, 3.63) is 27.9 Å². The molecule has 0 spiro atoms. The number of rotatable bonds is 4. The number of fused-ring (bicyclic) bond motifs is 1. The molecule has 1 aromatic carbocycles. The fourth-order valence-electron chi connectivity index (χ4n) is 1.84. The van der Waals surface area contributed by atoms with Crippen LogP contribution in [0.25, 0.3) is 10.9 Å². The molecular weight excluding hydrogens is 296 g/mol. The van der Waals surface area contributed by atoms with Gasteiger partial charge in [-0.05, 0) is 6.07 Å². The second-order valence-corrected chi connectivity index (χ2v) is 3.96. The highest BCUT2D eigenvalue weighted by Gasteiger charge is 2.11. The lowest BCUT2D eigenvalue weighted by molar-refractivity contribution is -0.742. The van der Waals surface area contributed by atoms with Crippen molar-refractivity contribution >= 4 is 16.9 Å². The fraction of sp³-hybridized carbons (Fsp3) is 0.333. The summed E-state index contributed by atoms with van der Waals surface area (Å²) >= 11 is 0. The number of nitrogen functional groups attached to an aromatic ring is 1. The van der Waals surface area contributed by atoms with Gasteiger partial charge in [-0.25, -0.2) is 9.97 Å². The van der Waals surface area contributed by atoms with E-state index in [1.807, 2.05) is 0 Å². The number of benzene rings is 1. The van der Waals surface area contributed by atoms with Crippen molar-refractivity contribution in [2.75, 3.05) is 26.6 Å². The topological polar surface area (TPSA) is 154 Å². The molecule has 0 aliphatic carbocycles. The van der Waals surface area contributed by atoms with E-state index >= 15 is 0 Å². The Hall–Kier alpha value is -2.88. The predicted molar refractivity (Wildman–Crippen MR) is 76.6 cm³/mol. The second-order valence-electron chi connectivity index (χ2n) is 3.96. The van der Waals surface area contributed by atoms with E-state index in [9.17, 15) is 0 Å². The summed E-state index contributed by atoms with van der Waals surface area (Å²) in [4.78, 5) is 16.6. The molecule has 10 heteroatoms. The van der Waals surface area contributed by atoms with Crippen molar-refractivity contribution in [1.82, 2.24) is 9.97 Å². The Kier molecular flexibility index (Phi) is 6.08. The van der Waals surface area contributed by atoms with Crippen LogP contribution in [0.1, 0.15) is 5.69 Å². The smallest absolute Gasteiger partial charge is 0.291 e. The van der Waals surface area contributed by atoms with E-state index in [4.69, 9.17) is 35.6 Å². The van der Waals surface area contributed by atoms with Crippen LogP contribution in [0.3, 0.4) is 0 Å². The van der Waals surface area contributed by atoms with Gasteiger partial charge in [0.2, 0.25) is 5.95 Å². The molecule has 0 bridgehead atoms. The van der Waals surface area contributed by atoms with Gasteiger partial charge in [0.15, 0.2) is 11.5 Å². The Morgan fingerprint density at radius 3 is 2.32 bits per heavy atom. The molecule has 0 aliphatic heterocycles. The largest absolute Gasteiger partial charge is 0.493 e. The molecule has 0 saturated carbocycles. The maximum Gasteiger partial charge on any atom is 0.291 e. The van der Waals surface area contributed by atoms with Crippen LogP contribution in [-0.2, 0) is 6.42 Å². The predicted octanol–water partition coefficient (Wildman–Crippen LogP) is 0.416. The maximum atomic E-state index is 9.04. The Morgan fingerprint density at radius 2 is 1.82 bits per heavy atom. The van der Waals surface area contributed by atoms with Crippen molar-refractivity contribution in [2.45, 2.75) is 6.42 Å². The first-order valence-electron chi connectivity index (χ1n) is 6.05. The number of anilines is 1. The summed E-state index contributed by atoms with van der Waals surface area (Å²) in [5, 5.41) is 23.5. The van der Waals surface area contributed by atoms with E-state index in [0.29, 0.717) is 29.1 Å². The fourth-order valence-corrected chi connectivity index (χ4v) is 1.84. The number of ether oxygens (including phenoxy) is 2. The number of hydrogen-bond acceptors (Lipinski definition) is 8. The molecule has 0 unspecified atom stereocenters. The zero-order valence-corrected chi connectivity index (χ0v) is 12.0. The van der Waals surface area contributed by atoms with Crippen LogP contribution in [0.4, 0.5) is 5.95 Å². The molecule has 1 aromatic heterocycles. The number of nitrogens with two attached hydrogens (primary N) is 1. The van der Waals surface area contributed by atoms with Crippen LogP contribution in [0, 0.1) is 10.1 Å². The van der Waals surface area contributed by atoms with Gasteiger partial charge in [0.1, 0.15) is 0 Å². The van der Waals surface area contributed by atoms with Crippen molar-refractivity contribution in [1.29, 1.82) is 0 Å². The number of aromatic nitrogens is 2. The summed E-state index contributed by atoms with van der Waals surface area (Å²) < 4.78 is 10.4. The molecule has 0 atom stereocenters.